The van der Waals surface area contributed by atoms with Crippen LogP contribution in [0.3, 0.4) is 0 Å². The zero-order valence-electron chi connectivity index (χ0n) is 30.6. The molecular weight excluding hydrogens is 566 g/mol. The van der Waals surface area contributed by atoms with Gasteiger partial charge in [0.2, 0.25) is 5.91 Å². The smallest absolute Gasteiger partial charge is 0.220 e. The normalized spacial score (nSPS) is 13.6. The van der Waals surface area contributed by atoms with Gasteiger partial charge in [-0.3, -0.25) is 4.79 Å². The third-order valence-corrected chi connectivity index (χ3v) is 8.76. The fourth-order valence-electron chi connectivity index (χ4n) is 5.67. The topological polar surface area (TPSA) is 69.6 Å². The van der Waals surface area contributed by atoms with Crippen LogP contribution in [0.15, 0.2) is 48.6 Å². The highest BCUT2D eigenvalue weighted by molar-refractivity contribution is 5.76. The van der Waals surface area contributed by atoms with E-state index in [2.05, 4.69) is 55.6 Å². The molecule has 0 heterocycles. The lowest BCUT2D eigenvalue weighted by atomic mass is 10.1. The Balaban J connectivity index is 3.69. The molecule has 0 aliphatic heterocycles. The van der Waals surface area contributed by atoms with Crippen LogP contribution in [0, 0.1) is 0 Å². The standard InChI is InChI=1S/C42H77NO3/c1-3-5-7-9-11-13-15-17-19-21-23-25-27-29-31-33-35-37-41(45)40(39-44)43-42(46)38-36-34-32-30-28-26-24-22-20-18-16-14-12-10-8-6-4-2/h18-21,27,29,35,37,40-41,44-45H,3-17,22-26,28,30-34,36,38-39H2,1-2H3,(H,43,46)/b20-18-,21-19+,29-27+,37-35+. The number of aliphatic hydroxyl groups excluding tert-OH is 2. The van der Waals surface area contributed by atoms with Crippen molar-refractivity contribution >= 4 is 5.91 Å². The van der Waals surface area contributed by atoms with Crippen LogP contribution in [0.25, 0.3) is 0 Å². The molecule has 0 spiro atoms. The molecule has 0 fully saturated rings. The molecular formula is C42H77NO3. The van der Waals surface area contributed by atoms with Crippen molar-refractivity contribution in [1.82, 2.24) is 5.32 Å². The van der Waals surface area contributed by atoms with Gasteiger partial charge in [0.15, 0.2) is 0 Å². The zero-order chi connectivity index (χ0) is 33.6. The van der Waals surface area contributed by atoms with Gasteiger partial charge in [0.25, 0.3) is 0 Å². The Morgan fingerprint density at radius 3 is 1.26 bits per heavy atom. The van der Waals surface area contributed by atoms with Crippen LogP contribution in [0.1, 0.15) is 194 Å². The van der Waals surface area contributed by atoms with Crippen molar-refractivity contribution in [3.8, 4) is 0 Å². The van der Waals surface area contributed by atoms with Crippen molar-refractivity contribution in [1.29, 1.82) is 0 Å². The first-order chi connectivity index (χ1) is 22.7. The van der Waals surface area contributed by atoms with Crippen molar-refractivity contribution in [3.05, 3.63) is 48.6 Å². The lowest BCUT2D eigenvalue weighted by molar-refractivity contribution is -0.123. The number of unbranched alkanes of at least 4 members (excludes halogenated alkanes) is 22. The zero-order valence-corrected chi connectivity index (χ0v) is 30.6. The van der Waals surface area contributed by atoms with Crippen molar-refractivity contribution in [2.24, 2.45) is 0 Å². The summed E-state index contributed by atoms with van der Waals surface area (Å²) in [7, 11) is 0. The van der Waals surface area contributed by atoms with Gasteiger partial charge in [-0.15, -0.1) is 0 Å². The van der Waals surface area contributed by atoms with Gasteiger partial charge in [-0.1, -0.05) is 165 Å². The first kappa shape index (κ1) is 44.4. The van der Waals surface area contributed by atoms with E-state index in [1.807, 2.05) is 6.08 Å². The highest BCUT2D eigenvalue weighted by Gasteiger charge is 2.17. The predicted molar refractivity (Wildman–Crippen MR) is 202 cm³/mol. The second kappa shape index (κ2) is 37.8. The van der Waals surface area contributed by atoms with Crippen molar-refractivity contribution in [3.63, 3.8) is 0 Å². The van der Waals surface area contributed by atoms with E-state index in [0.717, 1.165) is 38.5 Å². The van der Waals surface area contributed by atoms with E-state index in [1.54, 1.807) is 6.08 Å². The lowest BCUT2D eigenvalue weighted by Gasteiger charge is -2.19. The van der Waals surface area contributed by atoms with Crippen LogP contribution in [0.5, 0.6) is 0 Å². The number of amides is 1. The molecule has 0 rings (SSSR count). The summed E-state index contributed by atoms with van der Waals surface area (Å²) in [5.74, 6) is -0.0846. The molecule has 0 aliphatic carbocycles. The molecule has 4 heteroatoms. The van der Waals surface area contributed by atoms with E-state index in [-0.39, 0.29) is 12.5 Å². The van der Waals surface area contributed by atoms with Crippen LogP contribution in [0.2, 0.25) is 0 Å². The molecule has 0 saturated heterocycles. The first-order valence-electron chi connectivity index (χ1n) is 19.9. The highest BCUT2D eigenvalue weighted by Crippen LogP contribution is 2.12. The number of nitrogens with one attached hydrogen (secondary N) is 1. The van der Waals surface area contributed by atoms with Gasteiger partial charge < -0.3 is 15.5 Å². The molecule has 0 aromatic carbocycles. The Kier molecular flexibility index (Phi) is 36.4. The second-order valence-corrected chi connectivity index (χ2v) is 13.3. The minimum Gasteiger partial charge on any atom is -0.394 e. The van der Waals surface area contributed by atoms with E-state index in [4.69, 9.17) is 0 Å². The molecule has 268 valence electrons. The summed E-state index contributed by atoms with van der Waals surface area (Å²) in [6.45, 7) is 4.27. The van der Waals surface area contributed by atoms with Crippen molar-refractivity contribution in [2.45, 2.75) is 206 Å². The van der Waals surface area contributed by atoms with Gasteiger partial charge in [0.05, 0.1) is 18.8 Å². The van der Waals surface area contributed by atoms with Gasteiger partial charge in [-0.2, -0.15) is 0 Å². The first-order valence-corrected chi connectivity index (χ1v) is 19.9. The van der Waals surface area contributed by atoms with Gasteiger partial charge in [-0.05, 0) is 70.6 Å². The number of carbonyl (C=O) groups is 1. The van der Waals surface area contributed by atoms with Gasteiger partial charge in [0.1, 0.15) is 0 Å². The van der Waals surface area contributed by atoms with Gasteiger partial charge in [0, 0.05) is 6.42 Å². The molecule has 0 aliphatic rings. The largest absolute Gasteiger partial charge is 0.394 e. The Labute approximate surface area is 286 Å². The Morgan fingerprint density at radius 2 is 0.848 bits per heavy atom. The maximum Gasteiger partial charge on any atom is 0.220 e. The average Bonchev–Trinajstić information content (AvgIpc) is 3.06. The maximum atomic E-state index is 12.3. The third kappa shape index (κ3) is 33.7. The quantitative estimate of drug-likeness (QED) is 0.0475. The number of rotatable bonds is 35. The second-order valence-electron chi connectivity index (χ2n) is 13.3. The predicted octanol–water partition coefficient (Wildman–Crippen LogP) is 12.0. The van der Waals surface area contributed by atoms with E-state index in [1.165, 1.54) is 135 Å². The van der Waals surface area contributed by atoms with Crippen LogP contribution in [-0.4, -0.2) is 34.9 Å². The number of hydrogen-bond donors (Lipinski definition) is 3. The molecule has 46 heavy (non-hydrogen) atoms. The molecule has 0 bridgehead atoms. The number of allylic oxidation sites excluding steroid dienone is 7. The Bertz CT molecular complexity index is 741. The van der Waals surface area contributed by atoms with E-state index in [9.17, 15) is 15.0 Å². The molecule has 2 atom stereocenters. The van der Waals surface area contributed by atoms with E-state index >= 15 is 0 Å². The molecule has 2 unspecified atom stereocenters. The molecule has 3 N–H and O–H groups in total. The Morgan fingerprint density at radius 1 is 0.500 bits per heavy atom. The fraction of sp³-hybridized carbons (Fsp3) is 0.786. The van der Waals surface area contributed by atoms with Crippen LogP contribution < -0.4 is 5.32 Å². The summed E-state index contributed by atoms with van der Waals surface area (Å²) in [5.41, 5.74) is 0. The van der Waals surface area contributed by atoms with Crippen LogP contribution in [-0.2, 0) is 4.79 Å². The minimum atomic E-state index is -0.871. The summed E-state index contributed by atoms with van der Waals surface area (Å²) < 4.78 is 0. The summed E-state index contributed by atoms with van der Waals surface area (Å²) in [6, 6.07) is -0.646. The maximum absolute atomic E-state index is 12.3. The molecule has 0 aromatic heterocycles. The molecule has 0 saturated carbocycles. The summed E-state index contributed by atoms with van der Waals surface area (Å²) in [6.07, 6.45) is 50.6. The van der Waals surface area contributed by atoms with E-state index < -0.39 is 12.1 Å². The fourth-order valence-corrected chi connectivity index (χ4v) is 5.67. The summed E-state index contributed by atoms with van der Waals surface area (Å²) >= 11 is 0. The number of hydrogen-bond acceptors (Lipinski definition) is 3. The Hall–Kier alpha value is -1.65. The highest BCUT2D eigenvalue weighted by atomic mass is 16.3. The molecule has 4 nitrogen and oxygen atoms in total. The minimum absolute atomic E-state index is 0.0846. The number of aliphatic hydroxyl groups is 2. The summed E-state index contributed by atoms with van der Waals surface area (Å²) in [5, 5.41) is 22.9. The van der Waals surface area contributed by atoms with Crippen molar-refractivity contribution in [2.75, 3.05) is 6.61 Å². The average molecular weight is 644 g/mol. The molecule has 1 amide bonds. The SMILES string of the molecule is CCCCCCCC/C=C\CCCCCCCCCC(=O)NC(CO)C(O)/C=C/CC/C=C/CC/C=C/CCCCCCCCC. The van der Waals surface area contributed by atoms with Crippen LogP contribution in [0.4, 0.5) is 0 Å². The number of carbonyl (C=O) groups excluding carboxylic acids is 1. The molecule has 0 aromatic rings. The van der Waals surface area contributed by atoms with Crippen molar-refractivity contribution < 1.29 is 15.0 Å². The lowest BCUT2D eigenvalue weighted by Crippen LogP contribution is -2.45. The summed E-state index contributed by atoms with van der Waals surface area (Å²) in [4.78, 5) is 12.3. The van der Waals surface area contributed by atoms with Crippen LogP contribution >= 0.6 is 0 Å². The molecule has 0 radical (unpaired) electrons. The van der Waals surface area contributed by atoms with Gasteiger partial charge >= 0.3 is 0 Å². The third-order valence-electron chi connectivity index (χ3n) is 8.76. The monoisotopic (exact) mass is 644 g/mol. The van der Waals surface area contributed by atoms with Gasteiger partial charge in [-0.25, -0.2) is 0 Å². The van der Waals surface area contributed by atoms with E-state index in [0.29, 0.717) is 6.42 Å².